The third-order valence-corrected chi connectivity index (χ3v) is 8.77. The van der Waals surface area contributed by atoms with Crippen LogP contribution in [0.15, 0.2) is 12.2 Å². The molecule has 0 bridgehead atoms. The first-order chi connectivity index (χ1) is 6.82. The van der Waals surface area contributed by atoms with Crippen molar-refractivity contribution in [3.05, 3.63) is 12.2 Å². The highest BCUT2D eigenvalue weighted by molar-refractivity contribution is 8.69. The lowest BCUT2D eigenvalue weighted by molar-refractivity contribution is 0.0678. The summed E-state index contributed by atoms with van der Waals surface area (Å²) in [4.78, 5) is 0. The van der Waals surface area contributed by atoms with Crippen molar-refractivity contribution in [2.75, 3.05) is 6.66 Å². The Hall–Kier alpha value is 0.700. The molecule has 86 valence electrons. The summed E-state index contributed by atoms with van der Waals surface area (Å²) in [6.45, 7) is 10.6. The first kappa shape index (κ1) is 12.2. The van der Waals surface area contributed by atoms with Gasteiger partial charge in [-0.15, -0.1) is 0 Å². The summed E-state index contributed by atoms with van der Waals surface area (Å²) in [5.41, 5.74) is -0.166. The van der Waals surface area contributed by atoms with Crippen molar-refractivity contribution in [3.8, 4) is 0 Å². The minimum Gasteiger partial charge on any atom is -0.334 e. The number of hydrogen-bond donors (Lipinski definition) is 0. The predicted molar refractivity (Wildman–Crippen MR) is 73.2 cm³/mol. The average molecular weight is 262 g/mol. The van der Waals surface area contributed by atoms with Crippen LogP contribution in [0, 0.1) is 5.92 Å². The van der Waals surface area contributed by atoms with Crippen LogP contribution in [-0.4, -0.2) is 17.5 Å². The van der Waals surface area contributed by atoms with Crippen molar-refractivity contribution in [2.24, 2.45) is 5.92 Å². The molecule has 1 aliphatic heterocycles. The number of fused-ring (bicyclic) bond motifs is 1. The fourth-order valence-corrected chi connectivity index (χ4v) is 9.25. The topological polar surface area (TPSA) is 9.23 Å². The van der Waals surface area contributed by atoms with E-state index in [0.717, 1.165) is 6.42 Å². The summed E-state index contributed by atoms with van der Waals surface area (Å²) < 4.78 is 6.13. The molecule has 1 saturated carbocycles. The Kier molecular flexibility index (Phi) is 3.14. The maximum atomic E-state index is 6.13. The average Bonchev–Trinajstić information content (AvgIpc) is 2.31. The summed E-state index contributed by atoms with van der Waals surface area (Å²) >= 11 is 7.46. The van der Waals surface area contributed by atoms with Gasteiger partial charge in [-0.25, -0.2) is 0 Å². The van der Waals surface area contributed by atoms with E-state index in [2.05, 4.69) is 27.1 Å². The molecule has 1 unspecified atom stereocenters. The van der Waals surface area contributed by atoms with E-state index in [-0.39, 0.29) is 5.60 Å². The van der Waals surface area contributed by atoms with Crippen molar-refractivity contribution >= 4 is 28.7 Å². The normalized spacial score (nSPS) is 50.1. The highest BCUT2D eigenvalue weighted by atomic mass is 32.9. The summed E-state index contributed by atoms with van der Waals surface area (Å²) in [5.74, 6) is 0.687. The molecule has 1 nitrogen and oxygen atoms in total. The molecule has 4 atom stereocenters. The van der Waals surface area contributed by atoms with Gasteiger partial charge >= 0.3 is 0 Å². The molecule has 0 aromatic rings. The van der Waals surface area contributed by atoms with Gasteiger partial charge in [0.2, 0.25) is 0 Å². The van der Waals surface area contributed by atoms with Crippen LogP contribution in [0.1, 0.15) is 33.1 Å². The second kappa shape index (κ2) is 3.87. The van der Waals surface area contributed by atoms with Gasteiger partial charge in [-0.05, 0) is 45.7 Å². The molecule has 0 radical (unpaired) electrons. The predicted octanol–water partition coefficient (Wildman–Crippen LogP) is 4.19. The fourth-order valence-electron chi connectivity index (χ4n) is 2.59. The minimum absolute atomic E-state index is 0.0564. The van der Waals surface area contributed by atoms with Crippen molar-refractivity contribution < 1.29 is 4.52 Å². The zero-order valence-corrected chi connectivity index (χ0v) is 12.2. The Balaban J connectivity index is 2.16. The van der Waals surface area contributed by atoms with Gasteiger partial charge in [0.05, 0.1) is 5.60 Å². The van der Waals surface area contributed by atoms with Gasteiger partial charge in [0.25, 0.3) is 0 Å². The minimum atomic E-state index is -1.55. The second-order valence-corrected chi connectivity index (χ2v) is 13.1. The van der Waals surface area contributed by atoms with Crippen LogP contribution < -0.4 is 0 Å². The van der Waals surface area contributed by atoms with Gasteiger partial charge < -0.3 is 4.52 Å². The first-order valence-corrected chi connectivity index (χ1v) is 10.1. The van der Waals surface area contributed by atoms with Crippen LogP contribution in [0.3, 0.4) is 0 Å². The summed E-state index contributed by atoms with van der Waals surface area (Å²) in [7, 11) is 0. The van der Waals surface area contributed by atoms with Gasteiger partial charge in [-0.2, -0.15) is 0 Å². The molecule has 2 aliphatic rings. The fraction of sp³-hybridized carbons (Fsp3) is 0.818. The van der Waals surface area contributed by atoms with E-state index in [9.17, 15) is 0 Å². The Morgan fingerprint density at radius 1 is 1.67 bits per heavy atom. The molecule has 2 rings (SSSR count). The van der Waals surface area contributed by atoms with Crippen molar-refractivity contribution in [1.29, 1.82) is 0 Å². The van der Waals surface area contributed by atoms with E-state index >= 15 is 0 Å². The zero-order chi connectivity index (χ0) is 11.3. The van der Waals surface area contributed by atoms with E-state index in [1.54, 1.807) is 0 Å². The molecule has 0 aromatic heterocycles. The third kappa shape index (κ3) is 2.36. The monoisotopic (exact) mass is 262 g/mol. The maximum Gasteiger partial charge on any atom is 0.117 e. The highest BCUT2D eigenvalue weighted by Gasteiger charge is 2.50. The van der Waals surface area contributed by atoms with Gasteiger partial charge in [-0.3, -0.25) is 0 Å². The zero-order valence-electron chi connectivity index (χ0n) is 9.66. The van der Waals surface area contributed by atoms with Gasteiger partial charge in [0.1, 0.15) is 5.47 Å². The molecule has 0 N–H and O–H groups in total. The molecule has 0 spiro atoms. The van der Waals surface area contributed by atoms with E-state index < -0.39 is 5.47 Å². The lowest BCUT2D eigenvalue weighted by atomic mass is 9.77. The summed E-state index contributed by atoms with van der Waals surface area (Å²) in [5, 5.41) is 0.601. The number of rotatable bonds is 1. The first-order valence-electron chi connectivity index (χ1n) is 5.44. The largest absolute Gasteiger partial charge is 0.334 e. The maximum absolute atomic E-state index is 6.13. The molecule has 1 saturated heterocycles. The quantitative estimate of drug-likeness (QED) is 0.518. The molecule has 0 amide bonds. The highest BCUT2D eigenvalue weighted by Crippen LogP contribution is 2.72. The van der Waals surface area contributed by atoms with Gasteiger partial charge in [-0.1, -0.05) is 35.3 Å². The Bertz CT molecular complexity index is 341. The van der Waals surface area contributed by atoms with E-state index in [1.165, 1.54) is 18.4 Å². The molecule has 15 heavy (non-hydrogen) atoms. The Labute approximate surface area is 102 Å². The lowest BCUT2D eigenvalue weighted by Gasteiger charge is -2.37. The molecular formula is C11H19OPS2. The van der Waals surface area contributed by atoms with E-state index in [1.807, 2.05) is 11.4 Å². The van der Waals surface area contributed by atoms with Gasteiger partial charge in [0, 0.05) is 5.25 Å². The Morgan fingerprint density at radius 3 is 2.93 bits per heavy atom. The molecule has 2 fully saturated rings. The number of hydrogen-bond acceptors (Lipinski definition) is 3. The van der Waals surface area contributed by atoms with Crippen LogP contribution >= 0.6 is 16.8 Å². The van der Waals surface area contributed by atoms with Crippen molar-refractivity contribution in [2.45, 2.75) is 44.0 Å². The van der Waals surface area contributed by atoms with Gasteiger partial charge in [0.15, 0.2) is 0 Å². The SMILES string of the molecule is C=C(C)[C@@H]1CCC2(C)O[P@@](C)(=S)S[C@H]2C1. The van der Waals surface area contributed by atoms with Crippen LogP contribution in [0.4, 0.5) is 0 Å². The van der Waals surface area contributed by atoms with Crippen molar-refractivity contribution in [1.82, 2.24) is 0 Å². The molecule has 4 heteroatoms. The smallest absolute Gasteiger partial charge is 0.117 e. The van der Waals surface area contributed by atoms with E-state index in [4.69, 9.17) is 16.3 Å². The summed E-state index contributed by atoms with van der Waals surface area (Å²) in [6.07, 6.45) is 3.58. The molecular weight excluding hydrogens is 243 g/mol. The van der Waals surface area contributed by atoms with Crippen molar-refractivity contribution in [3.63, 3.8) is 0 Å². The van der Waals surface area contributed by atoms with Crippen LogP contribution in [0.25, 0.3) is 0 Å². The van der Waals surface area contributed by atoms with Crippen LogP contribution in [0.2, 0.25) is 0 Å². The standard InChI is InChI=1S/C11H19OPS2/c1-8(2)9-5-6-11(3)10(7-9)15-13(4,14)12-11/h9-10H,1,5-7H2,2-4H3/t9-,10+,11?,13+/m1/s1. The van der Waals surface area contributed by atoms with Crippen LogP contribution in [0.5, 0.6) is 0 Å². The second-order valence-electron chi connectivity index (χ2n) is 5.09. The third-order valence-electron chi connectivity index (χ3n) is 3.56. The molecule has 1 aliphatic carbocycles. The summed E-state index contributed by atoms with van der Waals surface area (Å²) in [6, 6.07) is 0. The Morgan fingerprint density at radius 2 is 2.33 bits per heavy atom. The molecule has 0 aromatic carbocycles. The number of allylic oxidation sites excluding steroid dienone is 1. The van der Waals surface area contributed by atoms with Crippen LogP contribution in [-0.2, 0) is 16.3 Å². The van der Waals surface area contributed by atoms with E-state index in [0.29, 0.717) is 11.2 Å². The molecule has 1 heterocycles. The lowest BCUT2D eigenvalue weighted by Crippen LogP contribution is -2.40.